The normalized spacial score (nSPS) is 10.5. The Kier molecular flexibility index (Phi) is 3.71. The summed E-state index contributed by atoms with van der Waals surface area (Å²) in [5, 5.41) is 0. The molecule has 0 saturated carbocycles. The Balaban J connectivity index is 2.44. The third-order valence-electron chi connectivity index (χ3n) is 2.31. The second-order valence-electron chi connectivity index (χ2n) is 3.63. The van der Waals surface area contributed by atoms with Gasteiger partial charge in [0.15, 0.2) is 0 Å². The lowest BCUT2D eigenvalue weighted by molar-refractivity contribution is 0.905. The molecule has 0 amide bonds. The molecule has 0 unspecified atom stereocenters. The van der Waals surface area contributed by atoms with Crippen LogP contribution in [0.4, 0.5) is 0 Å². The van der Waals surface area contributed by atoms with Crippen molar-refractivity contribution >= 4 is 15.9 Å². The third-order valence-corrected chi connectivity index (χ3v) is 2.84. The van der Waals surface area contributed by atoms with Gasteiger partial charge in [-0.25, -0.2) is 4.98 Å². The van der Waals surface area contributed by atoms with Crippen molar-refractivity contribution in [3.8, 4) is 11.4 Å². The lowest BCUT2D eigenvalue weighted by Crippen LogP contribution is -2.13. The van der Waals surface area contributed by atoms with Crippen molar-refractivity contribution in [1.29, 1.82) is 0 Å². The molecule has 0 fully saturated rings. The number of hydrogen-bond donors (Lipinski definition) is 2. The summed E-state index contributed by atoms with van der Waals surface area (Å²) >= 11 is 3.36. The van der Waals surface area contributed by atoms with Gasteiger partial charge < -0.3 is 10.7 Å². The molecule has 4 nitrogen and oxygen atoms in total. The van der Waals surface area contributed by atoms with Gasteiger partial charge in [-0.1, -0.05) is 28.1 Å². The number of H-pyrrole nitrogens is 1. The quantitative estimate of drug-likeness (QED) is 0.905. The third kappa shape index (κ3) is 3.01. The Morgan fingerprint density at radius 2 is 2.00 bits per heavy atom. The van der Waals surface area contributed by atoms with Crippen LogP contribution in [-0.2, 0) is 6.42 Å². The molecule has 1 heterocycles. The number of aromatic nitrogens is 2. The van der Waals surface area contributed by atoms with E-state index in [0.717, 1.165) is 10.0 Å². The van der Waals surface area contributed by atoms with Crippen LogP contribution in [0.25, 0.3) is 11.4 Å². The molecule has 0 saturated heterocycles. The smallest absolute Gasteiger partial charge is 0.251 e. The van der Waals surface area contributed by atoms with E-state index < -0.39 is 0 Å². The van der Waals surface area contributed by atoms with Gasteiger partial charge in [0.2, 0.25) is 0 Å². The molecule has 0 aliphatic rings. The standard InChI is InChI=1S/C12H12BrN3O/c13-9-3-1-8(2-4-9)12-15-10(5-6-14)7-11(17)16-12/h1-4,7H,5-6,14H2,(H,15,16,17). The van der Waals surface area contributed by atoms with Crippen LogP contribution >= 0.6 is 15.9 Å². The molecule has 0 aliphatic carbocycles. The largest absolute Gasteiger partial charge is 0.330 e. The number of halogens is 1. The Morgan fingerprint density at radius 3 is 2.65 bits per heavy atom. The van der Waals surface area contributed by atoms with Crippen LogP contribution in [-0.4, -0.2) is 16.5 Å². The van der Waals surface area contributed by atoms with E-state index in [1.165, 1.54) is 6.07 Å². The lowest BCUT2D eigenvalue weighted by atomic mass is 10.2. The van der Waals surface area contributed by atoms with E-state index in [2.05, 4.69) is 25.9 Å². The van der Waals surface area contributed by atoms with Crippen LogP contribution in [0.5, 0.6) is 0 Å². The maximum Gasteiger partial charge on any atom is 0.251 e. The van der Waals surface area contributed by atoms with E-state index in [4.69, 9.17) is 5.73 Å². The Hall–Kier alpha value is -1.46. The molecule has 0 spiro atoms. The summed E-state index contributed by atoms with van der Waals surface area (Å²) in [4.78, 5) is 18.6. The predicted molar refractivity (Wildman–Crippen MR) is 70.8 cm³/mol. The molecule has 2 rings (SSSR count). The predicted octanol–water partition coefficient (Wildman–Crippen LogP) is 1.70. The Bertz CT molecular complexity index is 563. The first-order chi connectivity index (χ1) is 8.19. The number of nitrogens with two attached hydrogens (primary N) is 1. The number of benzene rings is 1. The highest BCUT2D eigenvalue weighted by molar-refractivity contribution is 9.10. The highest BCUT2D eigenvalue weighted by atomic mass is 79.9. The van der Waals surface area contributed by atoms with Crippen molar-refractivity contribution in [3.63, 3.8) is 0 Å². The molecule has 0 radical (unpaired) electrons. The maximum absolute atomic E-state index is 11.5. The van der Waals surface area contributed by atoms with Crippen LogP contribution in [0, 0.1) is 0 Å². The number of aromatic amines is 1. The summed E-state index contributed by atoms with van der Waals surface area (Å²) in [6.45, 7) is 0.482. The molecule has 3 N–H and O–H groups in total. The van der Waals surface area contributed by atoms with Gasteiger partial charge in [0.05, 0.1) is 0 Å². The minimum atomic E-state index is -0.152. The summed E-state index contributed by atoms with van der Waals surface area (Å²) < 4.78 is 0.988. The molecule has 0 bridgehead atoms. The Morgan fingerprint density at radius 1 is 1.29 bits per heavy atom. The number of rotatable bonds is 3. The van der Waals surface area contributed by atoms with Crippen LogP contribution < -0.4 is 11.3 Å². The average Bonchev–Trinajstić information content (AvgIpc) is 2.29. The molecule has 88 valence electrons. The lowest BCUT2D eigenvalue weighted by Gasteiger charge is -2.03. The monoisotopic (exact) mass is 293 g/mol. The fourth-order valence-electron chi connectivity index (χ4n) is 1.53. The summed E-state index contributed by atoms with van der Waals surface area (Å²) in [6.07, 6.45) is 0.605. The Labute approximate surface area is 107 Å². The van der Waals surface area contributed by atoms with Crippen molar-refractivity contribution < 1.29 is 0 Å². The molecule has 5 heteroatoms. The van der Waals surface area contributed by atoms with Gasteiger partial charge in [0.25, 0.3) is 5.56 Å². The van der Waals surface area contributed by atoms with E-state index in [1.807, 2.05) is 24.3 Å². The van der Waals surface area contributed by atoms with Gasteiger partial charge in [-0.05, 0) is 18.7 Å². The summed E-state index contributed by atoms with van der Waals surface area (Å²) in [5.74, 6) is 0.577. The first-order valence-corrected chi connectivity index (χ1v) is 6.04. The van der Waals surface area contributed by atoms with Crippen LogP contribution in [0.2, 0.25) is 0 Å². The second kappa shape index (κ2) is 5.25. The zero-order chi connectivity index (χ0) is 12.3. The highest BCUT2D eigenvalue weighted by Gasteiger charge is 2.03. The number of hydrogen-bond acceptors (Lipinski definition) is 3. The minimum absolute atomic E-state index is 0.152. The summed E-state index contributed by atoms with van der Waals surface area (Å²) in [7, 11) is 0. The zero-order valence-corrected chi connectivity index (χ0v) is 10.7. The molecule has 2 aromatic rings. The van der Waals surface area contributed by atoms with Gasteiger partial charge >= 0.3 is 0 Å². The van der Waals surface area contributed by atoms with Gasteiger partial charge in [-0.15, -0.1) is 0 Å². The van der Waals surface area contributed by atoms with Gasteiger partial charge in [0.1, 0.15) is 5.82 Å². The fraction of sp³-hybridized carbons (Fsp3) is 0.167. The second-order valence-corrected chi connectivity index (χ2v) is 4.55. The minimum Gasteiger partial charge on any atom is -0.330 e. The van der Waals surface area contributed by atoms with E-state index in [0.29, 0.717) is 24.5 Å². The zero-order valence-electron chi connectivity index (χ0n) is 9.11. The summed E-state index contributed by atoms with van der Waals surface area (Å²) in [6, 6.07) is 9.09. The van der Waals surface area contributed by atoms with Gasteiger partial charge in [0, 0.05) is 28.2 Å². The van der Waals surface area contributed by atoms with E-state index >= 15 is 0 Å². The van der Waals surface area contributed by atoms with Crippen molar-refractivity contribution in [2.24, 2.45) is 5.73 Å². The van der Waals surface area contributed by atoms with Crippen LogP contribution in [0.3, 0.4) is 0 Å². The van der Waals surface area contributed by atoms with Gasteiger partial charge in [-0.2, -0.15) is 0 Å². The van der Waals surface area contributed by atoms with Crippen molar-refractivity contribution in [2.45, 2.75) is 6.42 Å². The molecule has 1 aromatic heterocycles. The molecular formula is C12H12BrN3O. The first kappa shape index (κ1) is 12.0. The molecule has 0 atom stereocenters. The molecule has 17 heavy (non-hydrogen) atoms. The first-order valence-electron chi connectivity index (χ1n) is 5.25. The molecular weight excluding hydrogens is 282 g/mol. The number of nitrogens with zero attached hydrogens (tertiary/aromatic N) is 1. The topological polar surface area (TPSA) is 71.8 Å². The van der Waals surface area contributed by atoms with Crippen LogP contribution in [0.1, 0.15) is 5.69 Å². The maximum atomic E-state index is 11.5. The number of nitrogens with one attached hydrogen (secondary N) is 1. The van der Waals surface area contributed by atoms with Crippen molar-refractivity contribution in [1.82, 2.24) is 9.97 Å². The van der Waals surface area contributed by atoms with Gasteiger partial charge in [-0.3, -0.25) is 4.79 Å². The summed E-state index contributed by atoms with van der Waals surface area (Å²) in [5.41, 5.74) is 6.90. The SMILES string of the molecule is NCCc1cc(=O)[nH]c(-c2ccc(Br)cc2)n1. The van der Waals surface area contributed by atoms with Crippen LogP contribution in [0.15, 0.2) is 39.6 Å². The molecule has 0 aliphatic heterocycles. The van der Waals surface area contributed by atoms with E-state index in [9.17, 15) is 4.79 Å². The molecule has 1 aromatic carbocycles. The van der Waals surface area contributed by atoms with E-state index in [1.54, 1.807) is 0 Å². The fourth-order valence-corrected chi connectivity index (χ4v) is 1.79. The van der Waals surface area contributed by atoms with Crippen molar-refractivity contribution in [3.05, 3.63) is 50.9 Å². The highest BCUT2D eigenvalue weighted by Crippen LogP contribution is 2.17. The van der Waals surface area contributed by atoms with E-state index in [-0.39, 0.29) is 5.56 Å². The van der Waals surface area contributed by atoms with Crippen molar-refractivity contribution in [2.75, 3.05) is 6.54 Å². The average molecular weight is 294 g/mol.